The second-order valence-electron chi connectivity index (χ2n) is 10.4. The van der Waals surface area contributed by atoms with Crippen molar-refractivity contribution in [3.63, 3.8) is 0 Å². The van der Waals surface area contributed by atoms with Crippen LogP contribution in [-0.2, 0) is 9.59 Å². The maximum atomic E-state index is 13.2. The average Bonchev–Trinajstić information content (AvgIpc) is 3.23. The third-order valence-corrected chi connectivity index (χ3v) is 7.27. The molecular formula is C29H41N3O2S. The lowest BCUT2D eigenvalue weighted by Gasteiger charge is -2.31. The van der Waals surface area contributed by atoms with Gasteiger partial charge in [-0.1, -0.05) is 64.8 Å². The molecule has 0 bridgehead atoms. The molecule has 0 aliphatic heterocycles. The van der Waals surface area contributed by atoms with Gasteiger partial charge in [0.05, 0.1) is 22.1 Å². The van der Waals surface area contributed by atoms with E-state index >= 15 is 0 Å². The summed E-state index contributed by atoms with van der Waals surface area (Å²) in [6, 6.07) is 7.98. The Labute approximate surface area is 215 Å². The molecule has 1 N–H and O–H groups in total. The van der Waals surface area contributed by atoms with Crippen LogP contribution in [0.3, 0.4) is 0 Å². The Morgan fingerprint density at radius 2 is 1.80 bits per heavy atom. The van der Waals surface area contributed by atoms with Crippen LogP contribution in [-0.4, -0.2) is 28.4 Å². The molecule has 0 saturated carbocycles. The maximum absolute atomic E-state index is 13.2. The van der Waals surface area contributed by atoms with Crippen molar-refractivity contribution in [1.29, 1.82) is 0 Å². The van der Waals surface area contributed by atoms with Gasteiger partial charge in [0, 0.05) is 31.2 Å². The monoisotopic (exact) mass is 495 g/mol. The van der Waals surface area contributed by atoms with Crippen molar-refractivity contribution in [2.75, 3.05) is 0 Å². The molecule has 0 saturated heterocycles. The van der Waals surface area contributed by atoms with Gasteiger partial charge in [0.1, 0.15) is 0 Å². The molecule has 0 spiro atoms. The molecule has 0 radical (unpaired) electrons. The summed E-state index contributed by atoms with van der Waals surface area (Å²) in [5.74, 6) is -0.0522. The zero-order valence-electron chi connectivity index (χ0n) is 22.6. The molecule has 0 aliphatic carbocycles. The quantitative estimate of drug-likeness (QED) is 0.334. The zero-order valence-corrected chi connectivity index (χ0v) is 23.4. The number of nitrogens with zero attached hydrogens (tertiary/aromatic N) is 2. The van der Waals surface area contributed by atoms with Gasteiger partial charge in [0.25, 0.3) is 0 Å². The van der Waals surface area contributed by atoms with Crippen molar-refractivity contribution in [3.05, 3.63) is 47.2 Å². The molecule has 190 valence electrons. The first-order valence-corrected chi connectivity index (χ1v) is 13.3. The van der Waals surface area contributed by atoms with Crippen LogP contribution in [0.4, 0.5) is 0 Å². The summed E-state index contributed by atoms with van der Waals surface area (Å²) in [7, 11) is 0. The molecule has 5 nitrogen and oxygen atoms in total. The molecule has 2 unspecified atom stereocenters. The van der Waals surface area contributed by atoms with Crippen molar-refractivity contribution in [2.45, 2.75) is 87.1 Å². The van der Waals surface area contributed by atoms with Crippen LogP contribution < -0.4 is 5.32 Å². The van der Waals surface area contributed by atoms with Crippen molar-refractivity contribution in [2.24, 2.45) is 16.3 Å². The van der Waals surface area contributed by atoms with E-state index in [-0.39, 0.29) is 23.0 Å². The van der Waals surface area contributed by atoms with Crippen LogP contribution in [0, 0.1) is 18.3 Å². The molecule has 6 heteroatoms. The Balaban J connectivity index is 2.20. The second kappa shape index (κ2) is 12.9. The largest absolute Gasteiger partial charge is 0.346 e. The number of thiazole rings is 1. The van der Waals surface area contributed by atoms with E-state index in [4.69, 9.17) is 4.99 Å². The highest BCUT2D eigenvalue weighted by Gasteiger charge is 2.33. The number of unbranched alkanes of at least 4 members (excludes halogenated alkanes) is 1. The van der Waals surface area contributed by atoms with Gasteiger partial charge in [0.15, 0.2) is 5.78 Å². The van der Waals surface area contributed by atoms with Gasteiger partial charge in [-0.15, -0.1) is 11.3 Å². The molecule has 2 atom stereocenters. The highest BCUT2D eigenvalue weighted by molar-refractivity contribution is 7.13. The van der Waals surface area contributed by atoms with E-state index in [1.807, 2.05) is 46.3 Å². The third kappa shape index (κ3) is 8.53. The number of carbonyl (C=O) groups excluding carboxylic acids is 2. The number of aliphatic imine (C=N–C) groups is 1. The predicted octanol–water partition coefficient (Wildman–Crippen LogP) is 7.26. The first-order chi connectivity index (χ1) is 16.4. The molecule has 0 aliphatic rings. The number of aromatic nitrogens is 1. The minimum atomic E-state index is -0.505. The van der Waals surface area contributed by atoms with Gasteiger partial charge < -0.3 is 5.32 Å². The van der Waals surface area contributed by atoms with Gasteiger partial charge in [-0.3, -0.25) is 14.6 Å². The fourth-order valence-corrected chi connectivity index (χ4v) is 4.91. The SMILES string of the molecule is CCCCC(CC(=O)C(NC(C)=O)C(C)(C)C)C(C)=N/C=C(\C)c1ccc(-c2scnc2C)cc1. The Bertz CT molecular complexity index is 1060. The van der Waals surface area contributed by atoms with Crippen LogP contribution in [0.15, 0.2) is 41.0 Å². The molecular weight excluding hydrogens is 454 g/mol. The Morgan fingerprint density at radius 1 is 1.14 bits per heavy atom. The average molecular weight is 496 g/mol. The Kier molecular flexibility index (Phi) is 10.6. The standard InChI is InChI=1S/C29H41N3O2S/c1-9-10-11-25(16-26(34)28(29(6,7)8)32-22(5)33)20(3)30-17-19(2)23-12-14-24(15-13-23)27-21(4)31-18-35-27/h12-15,17-18,25,28H,9-11,16H2,1-8H3,(H,32,33)/b19-17+,30-20?. The van der Waals surface area contributed by atoms with Gasteiger partial charge in [-0.2, -0.15) is 0 Å². The number of amides is 1. The van der Waals surface area contributed by atoms with E-state index in [1.165, 1.54) is 17.4 Å². The molecule has 2 aromatic rings. The first-order valence-electron chi connectivity index (χ1n) is 12.5. The number of carbonyl (C=O) groups is 2. The molecule has 1 heterocycles. The third-order valence-electron chi connectivity index (χ3n) is 6.29. The number of hydrogen-bond donors (Lipinski definition) is 1. The summed E-state index contributed by atoms with van der Waals surface area (Å²) in [4.78, 5) is 35.3. The van der Waals surface area contributed by atoms with E-state index in [9.17, 15) is 9.59 Å². The first kappa shape index (κ1) is 28.6. The second-order valence-corrected chi connectivity index (χ2v) is 11.3. The number of hydrogen-bond acceptors (Lipinski definition) is 5. The topological polar surface area (TPSA) is 71.4 Å². The van der Waals surface area contributed by atoms with E-state index < -0.39 is 6.04 Å². The van der Waals surface area contributed by atoms with Gasteiger partial charge in [-0.05, 0) is 49.3 Å². The van der Waals surface area contributed by atoms with Crippen LogP contribution in [0.25, 0.3) is 16.0 Å². The van der Waals surface area contributed by atoms with Crippen molar-refractivity contribution < 1.29 is 9.59 Å². The van der Waals surface area contributed by atoms with Crippen molar-refractivity contribution in [1.82, 2.24) is 10.3 Å². The summed E-state index contributed by atoms with van der Waals surface area (Å²) in [5.41, 5.74) is 6.90. The normalized spacial score (nSPS) is 14.5. The van der Waals surface area contributed by atoms with E-state index in [0.29, 0.717) is 6.42 Å². The number of allylic oxidation sites excluding steroid dienone is 1. The van der Waals surface area contributed by atoms with Crippen molar-refractivity contribution >= 4 is 34.3 Å². The number of rotatable bonds is 11. The number of Topliss-reactive ketones (excluding diaryl/α,β-unsaturated/α-hetero) is 1. The number of ketones is 1. The van der Waals surface area contributed by atoms with Crippen molar-refractivity contribution in [3.8, 4) is 10.4 Å². The molecule has 1 aromatic heterocycles. The molecule has 1 amide bonds. The summed E-state index contributed by atoms with van der Waals surface area (Å²) < 4.78 is 0. The predicted molar refractivity (Wildman–Crippen MR) is 149 cm³/mol. The zero-order chi connectivity index (χ0) is 26.2. The summed E-state index contributed by atoms with van der Waals surface area (Å²) in [5, 5.41) is 2.87. The number of aryl methyl sites for hydroxylation is 1. The highest BCUT2D eigenvalue weighted by Crippen LogP contribution is 2.29. The lowest BCUT2D eigenvalue weighted by atomic mass is 9.80. The molecule has 35 heavy (non-hydrogen) atoms. The van der Waals surface area contributed by atoms with Crippen LogP contribution in [0.1, 0.15) is 85.4 Å². The van der Waals surface area contributed by atoms with E-state index in [2.05, 4.69) is 48.4 Å². The smallest absolute Gasteiger partial charge is 0.217 e. The Hall–Kier alpha value is -2.60. The summed E-state index contributed by atoms with van der Waals surface area (Å²) in [6.45, 7) is 15.7. The van der Waals surface area contributed by atoms with Crippen LogP contribution in [0.5, 0.6) is 0 Å². The highest BCUT2D eigenvalue weighted by atomic mass is 32.1. The Morgan fingerprint density at radius 3 is 2.31 bits per heavy atom. The van der Waals surface area contributed by atoms with E-state index in [1.54, 1.807) is 11.3 Å². The van der Waals surface area contributed by atoms with Gasteiger partial charge in [-0.25, -0.2) is 4.98 Å². The number of nitrogens with one attached hydrogen (secondary N) is 1. The fourth-order valence-electron chi connectivity index (χ4n) is 4.10. The lowest BCUT2D eigenvalue weighted by molar-refractivity contribution is -0.129. The number of benzene rings is 1. The minimum Gasteiger partial charge on any atom is -0.346 e. The summed E-state index contributed by atoms with van der Waals surface area (Å²) >= 11 is 1.65. The lowest BCUT2D eigenvalue weighted by Crippen LogP contribution is -2.49. The molecule has 0 fully saturated rings. The van der Waals surface area contributed by atoms with Gasteiger partial charge >= 0.3 is 0 Å². The van der Waals surface area contributed by atoms with Crippen LogP contribution in [0.2, 0.25) is 0 Å². The van der Waals surface area contributed by atoms with E-state index in [0.717, 1.165) is 41.8 Å². The molecule has 1 aromatic carbocycles. The maximum Gasteiger partial charge on any atom is 0.217 e. The minimum absolute atomic E-state index is 0.0572. The van der Waals surface area contributed by atoms with Crippen LogP contribution >= 0.6 is 11.3 Å². The fraction of sp³-hybridized carbons (Fsp3) is 0.517. The summed E-state index contributed by atoms with van der Waals surface area (Å²) in [6.07, 6.45) is 5.29. The van der Waals surface area contributed by atoms with Gasteiger partial charge in [0.2, 0.25) is 5.91 Å². The molecule has 2 rings (SSSR count).